The van der Waals surface area contributed by atoms with E-state index in [1.165, 1.54) is 0 Å². The maximum absolute atomic E-state index is 11.9. The minimum atomic E-state index is -0.638. The Labute approximate surface area is 94.9 Å². The predicted molar refractivity (Wildman–Crippen MR) is 60.1 cm³/mol. The Morgan fingerprint density at radius 3 is 2.62 bits per heavy atom. The molecule has 0 saturated carbocycles. The van der Waals surface area contributed by atoms with Crippen molar-refractivity contribution >= 4 is 5.91 Å². The lowest BCUT2D eigenvalue weighted by Crippen LogP contribution is -2.46. The highest BCUT2D eigenvalue weighted by Gasteiger charge is 2.21. The highest BCUT2D eigenvalue weighted by Crippen LogP contribution is 2.08. The second-order valence-corrected chi connectivity index (χ2v) is 4.48. The second kappa shape index (κ2) is 4.57. The number of nitrogens with zero attached hydrogens (tertiary/aromatic N) is 2. The third-order valence-electron chi connectivity index (χ3n) is 2.19. The molecule has 5 heteroatoms. The number of carbonyl (C=O) groups is 1. The summed E-state index contributed by atoms with van der Waals surface area (Å²) in [5.41, 5.74) is 1.13. The number of aliphatic hydroxyl groups excluding tert-OH is 1. The topological polar surface area (TPSA) is 75.1 Å². The molecule has 16 heavy (non-hydrogen) atoms. The molecule has 88 valence electrons. The van der Waals surface area contributed by atoms with Crippen molar-refractivity contribution in [1.29, 1.82) is 0 Å². The monoisotopic (exact) mass is 223 g/mol. The molecule has 1 aromatic heterocycles. The predicted octanol–water partition coefficient (Wildman–Crippen LogP) is 0.594. The van der Waals surface area contributed by atoms with E-state index in [2.05, 4.69) is 15.5 Å². The molecular weight excluding hydrogens is 206 g/mol. The molecule has 0 fully saturated rings. The maximum Gasteiger partial charge on any atom is 0.253 e. The van der Waals surface area contributed by atoms with Gasteiger partial charge in [-0.2, -0.15) is 10.2 Å². The van der Waals surface area contributed by atoms with Crippen LogP contribution in [-0.2, 0) is 0 Å². The van der Waals surface area contributed by atoms with Gasteiger partial charge in [0.1, 0.15) is 0 Å². The number of aromatic nitrogens is 2. The van der Waals surface area contributed by atoms with Crippen LogP contribution in [0.15, 0.2) is 6.07 Å². The van der Waals surface area contributed by atoms with E-state index in [4.69, 9.17) is 5.11 Å². The highest BCUT2D eigenvalue weighted by molar-refractivity contribution is 5.95. The Balaban J connectivity index is 2.93. The zero-order chi connectivity index (χ0) is 12.3. The fourth-order valence-corrected chi connectivity index (χ4v) is 1.19. The molecule has 1 heterocycles. The van der Waals surface area contributed by atoms with Gasteiger partial charge < -0.3 is 10.4 Å². The van der Waals surface area contributed by atoms with Crippen LogP contribution in [0.3, 0.4) is 0 Å². The molecule has 1 rings (SSSR count). The van der Waals surface area contributed by atoms with Crippen LogP contribution in [0, 0.1) is 13.8 Å². The van der Waals surface area contributed by atoms with E-state index in [1.54, 1.807) is 33.8 Å². The first-order valence-electron chi connectivity index (χ1n) is 5.10. The van der Waals surface area contributed by atoms with E-state index in [0.29, 0.717) is 17.0 Å². The molecule has 0 radical (unpaired) electrons. The standard InChI is InChI=1S/C11H17N3O2/c1-7-5-9(8(2)14-13-7)10(16)12-11(3,4)6-15/h5,15H,6H2,1-4H3,(H,12,16). The summed E-state index contributed by atoms with van der Waals surface area (Å²) in [6.45, 7) is 6.90. The van der Waals surface area contributed by atoms with Gasteiger partial charge in [0.15, 0.2) is 0 Å². The van der Waals surface area contributed by atoms with Crippen LogP contribution in [0.5, 0.6) is 0 Å². The molecule has 0 aromatic carbocycles. The summed E-state index contributed by atoms with van der Waals surface area (Å²) in [6.07, 6.45) is 0. The number of aliphatic hydroxyl groups is 1. The van der Waals surface area contributed by atoms with Gasteiger partial charge in [-0.1, -0.05) is 0 Å². The number of rotatable bonds is 3. The van der Waals surface area contributed by atoms with Crippen LogP contribution in [-0.4, -0.2) is 33.4 Å². The molecule has 0 spiro atoms. The summed E-state index contributed by atoms with van der Waals surface area (Å²) in [5.74, 6) is -0.241. The van der Waals surface area contributed by atoms with Crippen molar-refractivity contribution in [3.63, 3.8) is 0 Å². The third kappa shape index (κ3) is 3.00. The minimum absolute atomic E-state index is 0.116. The fraction of sp³-hybridized carbons (Fsp3) is 0.545. The number of hydrogen-bond acceptors (Lipinski definition) is 4. The smallest absolute Gasteiger partial charge is 0.253 e. The fourth-order valence-electron chi connectivity index (χ4n) is 1.19. The first-order chi connectivity index (χ1) is 7.35. The maximum atomic E-state index is 11.9. The van der Waals surface area contributed by atoms with E-state index < -0.39 is 5.54 Å². The van der Waals surface area contributed by atoms with Crippen LogP contribution in [0.2, 0.25) is 0 Å². The Hall–Kier alpha value is -1.49. The SMILES string of the molecule is Cc1cc(C(=O)NC(C)(C)CO)c(C)nn1. The van der Waals surface area contributed by atoms with E-state index in [1.807, 2.05) is 0 Å². The van der Waals surface area contributed by atoms with Crippen LogP contribution in [0.1, 0.15) is 35.6 Å². The Morgan fingerprint density at radius 1 is 1.44 bits per heavy atom. The van der Waals surface area contributed by atoms with Gasteiger partial charge >= 0.3 is 0 Å². The molecule has 0 aliphatic carbocycles. The molecule has 1 amide bonds. The van der Waals surface area contributed by atoms with Crippen LogP contribution < -0.4 is 5.32 Å². The zero-order valence-corrected chi connectivity index (χ0v) is 10.0. The average Bonchev–Trinajstić information content (AvgIpc) is 2.21. The van der Waals surface area contributed by atoms with Crippen molar-refractivity contribution in [3.8, 4) is 0 Å². The van der Waals surface area contributed by atoms with Gasteiger partial charge in [-0.25, -0.2) is 0 Å². The normalized spacial score (nSPS) is 11.3. The van der Waals surface area contributed by atoms with Gasteiger partial charge in [-0.05, 0) is 33.8 Å². The lowest BCUT2D eigenvalue weighted by molar-refractivity contribution is 0.0868. The Morgan fingerprint density at radius 2 is 2.06 bits per heavy atom. The molecule has 0 atom stereocenters. The lowest BCUT2D eigenvalue weighted by atomic mass is 10.1. The molecule has 0 unspecified atom stereocenters. The summed E-state index contributed by atoms with van der Waals surface area (Å²) >= 11 is 0. The number of aryl methyl sites for hydroxylation is 2. The van der Waals surface area contributed by atoms with Gasteiger partial charge in [0, 0.05) is 0 Å². The highest BCUT2D eigenvalue weighted by atomic mass is 16.3. The van der Waals surface area contributed by atoms with Gasteiger partial charge in [-0.15, -0.1) is 0 Å². The summed E-state index contributed by atoms with van der Waals surface area (Å²) in [5, 5.41) is 19.5. The van der Waals surface area contributed by atoms with Crippen molar-refractivity contribution in [1.82, 2.24) is 15.5 Å². The molecule has 0 bridgehead atoms. The quantitative estimate of drug-likeness (QED) is 0.786. The molecule has 0 saturated heterocycles. The van der Waals surface area contributed by atoms with E-state index in [9.17, 15) is 4.79 Å². The molecule has 1 aromatic rings. The van der Waals surface area contributed by atoms with Crippen LogP contribution in [0.4, 0.5) is 0 Å². The van der Waals surface area contributed by atoms with Crippen molar-refractivity contribution in [2.45, 2.75) is 33.2 Å². The number of nitrogens with one attached hydrogen (secondary N) is 1. The van der Waals surface area contributed by atoms with E-state index >= 15 is 0 Å². The van der Waals surface area contributed by atoms with Crippen LogP contribution >= 0.6 is 0 Å². The van der Waals surface area contributed by atoms with Crippen molar-refractivity contribution < 1.29 is 9.90 Å². The molecule has 2 N–H and O–H groups in total. The third-order valence-corrected chi connectivity index (χ3v) is 2.19. The number of carbonyl (C=O) groups excluding carboxylic acids is 1. The van der Waals surface area contributed by atoms with Crippen molar-refractivity contribution in [2.75, 3.05) is 6.61 Å². The lowest BCUT2D eigenvalue weighted by Gasteiger charge is -2.23. The van der Waals surface area contributed by atoms with E-state index in [-0.39, 0.29) is 12.5 Å². The van der Waals surface area contributed by atoms with Gasteiger partial charge in [0.25, 0.3) is 5.91 Å². The first kappa shape index (κ1) is 12.6. The average molecular weight is 223 g/mol. The van der Waals surface area contributed by atoms with E-state index in [0.717, 1.165) is 0 Å². The number of hydrogen-bond donors (Lipinski definition) is 2. The van der Waals surface area contributed by atoms with Crippen LogP contribution in [0.25, 0.3) is 0 Å². The van der Waals surface area contributed by atoms with Crippen molar-refractivity contribution in [3.05, 3.63) is 23.0 Å². The Bertz CT molecular complexity index is 402. The molecule has 0 aliphatic heterocycles. The molecule has 5 nitrogen and oxygen atoms in total. The number of amides is 1. The zero-order valence-electron chi connectivity index (χ0n) is 10.0. The second-order valence-electron chi connectivity index (χ2n) is 4.48. The first-order valence-corrected chi connectivity index (χ1v) is 5.10. The van der Waals surface area contributed by atoms with Gasteiger partial charge in [0.05, 0.1) is 29.1 Å². The Kier molecular flexibility index (Phi) is 3.59. The summed E-state index contributed by atoms with van der Waals surface area (Å²) in [4.78, 5) is 11.9. The summed E-state index contributed by atoms with van der Waals surface area (Å²) in [7, 11) is 0. The summed E-state index contributed by atoms with van der Waals surface area (Å²) < 4.78 is 0. The summed E-state index contributed by atoms with van der Waals surface area (Å²) in [6, 6.07) is 1.69. The minimum Gasteiger partial charge on any atom is -0.394 e. The van der Waals surface area contributed by atoms with Crippen molar-refractivity contribution in [2.24, 2.45) is 0 Å². The van der Waals surface area contributed by atoms with Gasteiger partial charge in [-0.3, -0.25) is 4.79 Å². The van der Waals surface area contributed by atoms with Gasteiger partial charge in [0.2, 0.25) is 0 Å². The molecule has 0 aliphatic rings. The molecular formula is C11H17N3O2. The largest absolute Gasteiger partial charge is 0.394 e.